The second kappa shape index (κ2) is 8.11. The lowest BCUT2D eigenvalue weighted by Crippen LogP contribution is -2.45. The molecule has 0 aromatic carbocycles. The highest BCUT2D eigenvalue weighted by molar-refractivity contribution is 5.83. The number of hydrogen-bond acceptors (Lipinski definition) is 6. The molecule has 9 heteroatoms. The maximum atomic E-state index is 12.2. The number of nitrogens with two attached hydrogens (primary N) is 1. The zero-order valence-electron chi connectivity index (χ0n) is 14.2. The molecule has 1 aromatic rings. The Balaban J connectivity index is 1.64. The number of urea groups is 1. The number of aromatic nitrogens is 2. The highest BCUT2D eigenvalue weighted by atomic mass is 16.5. The Hall–Kier alpha value is -2.42. The zero-order chi connectivity index (χ0) is 17.6. The average Bonchev–Trinajstić information content (AvgIpc) is 2.67. The lowest BCUT2D eigenvalue weighted by atomic mass is 9.94. The van der Waals surface area contributed by atoms with E-state index in [1.807, 2.05) is 6.07 Å². The number of ether oxygens (including phenoxy) is 1. The van der Waals surface area contributed by atoms with E-state index >= 15 is 0 Å². The molecule has 1 aromatic heterocycles. The van der Waals surface area contributed by atoms with E-state index in [2.05, 4.69) is 20.2 Å². The molecule has 1 atom stereocenters. The number of nitrogens with one attached hydrogen (secondary N) is 1. The average molecular weight is 348 g/mol. The van der Waals surface area contributed by atoms with Gasteiger partial charge < -0.3 is 25.6 Å². The van der Waals surface area contributed by atoms with E-state index in [1.54, 1.807) is 11.2 Å². The number of rotatable bonds is 4. The summed E-state index contributed by atoms with van der Waals surface area (Å²) in [5.41, 5.74) is 5.98. The van der Waals surface area contributed by atoms with Crippen molar-refractivity contribution in [1.29, 1.82) is 0 Å². The molecule has 0 radical (unpaired) electrons. The molecule has 2 aliphatic rings. The van der Waals surface area contributed by atoms with Gasteiger partial charge in [0, 0.05) is 38.2 Å². The third-order valence-corrected chi connectivity index (χ3v) is 4.62. The van der Waals surface area contributed by atoms with Gasteiger partial charge >= 0.3 is 6.03 Å². The van der Waals surface area contributed by atoms with Crippen molar-refractivity contribution in [3.05, 3.63) is 18.1 Å². The summed E-state index contributed by atoms with van der Waals surface area (Å²) in [6.45, 7) is 4.28. The monoisotopic (exact) mass is 348 g/mol. The van der Waals surface area contributed by atoms with Crippen molar-refractivity contribution in [3.63, 3.8) is 0 Å². The lowest BCUT2D eigenvalue weighted by molar-refractivity contribution is -0.131. The minimum atomic E-state index is -0.687. The van der Waals surface area contributed by atoms with Gasteiger partial charge in [0.1, 0.15) is 12.1 Å². The van der Waals surface area contributed by atoms with E-state index in [0.717, 1.165) is 37.4 Å². The third-order valence-electron chi connectivity index (χ3n) is 4.62. The third kappa shape index (κ3) is 4.56. The van der Waals surface area contributed by atoms with Gasteiger partial charge in [0.05, 0.1) is 25.5 Å². The van der Waals surface area contributed by atoms with Gasteiger partial charge in [0.25, 0.3) is 0 Å². The second-order valence-electron chi connectivity index (χ2n) is 6.30. The number of piperidine rings is 1. The van der Waals surface area contributed by atoms with Gasteiger partial charge in [-0.25, -0.2) is 14.8 Å². The van der Waals surface area contributed by atoms with E-state index in [1.165, 1.54) is 0 Å². The maximum Gasteiger partial charge on any atom is 0.312 e. The number of carbonyl (C=O) groups excluding carboxylic acids is 2. The van der Waals surface area contributed by atoms with E-state index < -0.39 is 6.03 Å². The first-order valence-electron chi connectivity index (χ1n) is 8.59. The van der Waals surface area contributed by atoms with Gasteiger partial charge in [0.15, 0.2) is 0 Å². The standard InChI is InChI=1S/C16H24N6O3/c17-16(24)18-9-15(23)22-3-1-2-12(10-22)13-8-14(20-11-19-13)21-4-6-25-7-5-21/h8,11-12H,1-7,9-10H2,(H3,17,18,24)/t12-/m0/s1. The summed E-state index contributed by atoms with van der Waals surface area (Å²) >= 11 is 0. The van der Waals surface area contributed by atoms with Crippen molar-refractivity contribution >= 4 is 17.8 Å². The van der Waals surface area contributed by atoms with Crippen LogP contribution in [0.3, 0.4) is 0 Å². The molecule has 0 bridgehead atoms. The van der Waals surface area contributed by atoms with Crippen LogP contribution >= 0.6 is 0 Å². The molecule has 0 unspecified atom stereocenters. The van der Waals surface area contributed by atoms with Crippen molar-refractivity contribution in [2.45, 2.75) is 18.8 Å². The topological polar surface area (TPSA) is 114 Å². The second-order valence-corrected chi connectivity index (χ2v) is 6.30. The molecular weight excluding hydrogens is 324 g/mol. The van der Waals surface area contributed by atoms with Gasteiger partial charge in [0.2, 0.25) is 5.91 Å². The van der Waals surface area contributed by atoms with Crippen molar-refractivity contribution in [1.82, 2.24) is 20.2 Å². The fourth-order valence-corrected chi connectivity index (χ4v) is 3.27. The molecule has 0 spiro atoms. The fourth-order valence-electron chi connectivity index (χ4n) is 3.27. The first kappa shape index (κ1) is 17.4. The molecule has 3 heterocycles. The van der Waals surface area contributed by atoms with Crippen LogP contribution in [0.15, 0.2) is 12.4 Å². The molecule has 2 aliphatic heterocycles. The SMILES string of the molecule is NC(=O)NCC(=O)N1CCC[C@H](c2cc(N3CCOCC3)ncn2)C1. The predicted octanol–water partition coefficient (Wildman–Crippen LogP) is -0.312. The highest BCUT2D eigenvalue weighted by Gasteiger charge is 2.26. The van der Waals surface area contributed by atoms with Crippen LogP contribution in [0.25, 0.3) is 0 Å². The van der Waals surface area contributed by atoms with Crippen LogP contribution in [0.5, 0.6) is 0 Å². The molecule has 25 heavy (non-hydrogen) atoms. The largest absolute Gasteiger partial charge is 0.378 e. The van der Waals surface area contributed by atoms with Crippen molar-refractivity contribution in [2.75, 3.05) is 50.8 Å². The summed E-state index contributed by atoms with van der Waals surface area (Å²) < 4.78 is 5.38. The number of morpholine rings is 1. The summed E-state index contributed by atoms with van der Waals surface area (Å²) in [4.78, 5) is 35.7. The van der Waals surface area contributed by atoms with Crippen LogP contribution in [-0.2, 0) is 9.53 Å². The van der Waals surface area contributed by atoms with Crippen LogP contribution in [0.2, 0.25) is 0 Å². The summed E-state index contributed by atoms with van der Waals surface area (Å²) in [5.74, 6) is 0.965. The van der Waals surface area contributed by atoms with E-state index in [4.69, 9.17) is 10.5 Å². The Kier molecular flexibility index (Phi) is 5.64. The Morgan fingerprint density at radius 1 is 1.28 bits per heavy atom. The van der Waals surface area contributed by atoms with Gasteiger partial charge in [-0.3, -0.25) is 4.79 Å². The molecule has 3 amide bonds. The number of anilines is 1. The van der Waals surface area contributed by atoms with Crippen molar-refractivity contribution in [2.24, 2.45) is 5.73 Å². The molecule has 3 N–H and O–H groups in total. The first-order valence-corrected chi connectivity index (χ1v) is 8.59. The van der Waals surface area contributed by atoms with Gasteiger partial charge in [-0.1, -0.05) is 0 Å². The summed E-state index contributed by atoms with van der Waals surface area (Å²) in [5, 5.41) is 2.35. The number of primary amides is 1. The number of amides is 3. The van der Waals surface area contributed by atoms with Gasteiger partial charge in [-0.15, -0.1) is 0 Å². The Morgan fingerprint density at radius 3 is 2.84 bits per heavy atom. The lowest BCUT2D eigenvalue weighted by Gasteiger charge is -2.33. The van der Waals surface area contributed by atoms with Crippen molar-refractivity contribution in [3.8, 4) is 0 Å². The smallest absolute Gasteiger partial charge is 0.312 e. The number of likely N-dealkylation sites (tertiary alicyclic amines) is 1. The Labute approximate surface area is 146 Å². The minimum absolute atomic E-state index is 0.0646. The van der Waals surface area contributed by atoms with E-state index in [0.29, 0.717) is 26.3 Å². The van der Waals surface area contributed by atoms with Crippen LogP contribution in [-0.4, -0.2) is 72.7 Å². The quantitative estimate of drug-likeness (QED) is 0.771. The number of carbonyl (C=O) groups is 2. The van der Waals surface area contributed by atoms with Crippen LogP contribution in [0.1, 0.15) is 24.5 Å². The van der Waals surface area contributed by atoms with Crippen LogP contribution in [0.4, 0.5) is 10.6 Å². The zero-order valence-corrected chi connectivity index (χ0v) is 14.2. The molecule has 2 saturated heterocycles. The van der Waals surface area contributed by atoms with Crippen LogP contribution in [0, 0.1) is 0 Å². The molecule has 136 valence electrons. The minimum Gasteiger partial charge on any atom is -0.378 e. The van der Waals surface area contributed by atoms with Crippen LogP contribution < -0.4 is 16.0 Å². The molecule has 2 fully saturated rings. The molecule has 0 saturated carbocycles. The molecule has 0 aliphatic carbocycles. The first-order chi connectivity index (χ1) is 12.1. The summed E-state index contributed by atoms with van der Waals surface area (Å²) in [6.07, 6.45) is 3.48. The van der Waals surface area contributed by atoms with Gasteiger partial charge in [-0.2, -0.15) is 0 Å². The molecular formula is C16H24N6O3. The normalized spacial score (nSPS) is 21.0. The predicted molar refractivity (Wildman–Crippen MR) is 91.2 cm³/mol. The number of nitrogens with zero attached hydrogens (tertiary/aromatic N) is 4. The van der Waals surface area contributed by atoms with E-state index in [-0.39, 0.29) is 18.4 Å². The molecule has 3 rings (SSSR count). The van der Waals surface area contributed by atoms with E-state index in [9.17, 15) is 9.59 Å². The number of hydrogen-bond donors (Lipinski definition) is 2. The Bertz CT molecular complexity index is 620. The fraction of sp³-hybridized carbons (Fsp3) is 0.625. The summed E-state index contributed by atoms with van der Waals surface area (Å²) in [7, 11) is 0. The maximum absolute atomic E-state index is 12.2. The van der Waals surface area contributed by atoms with Crippen molar-refractivity contribution < 1.29 is 14.3 Å². The van der Waals surface area contributed by atoms with Gasteiger partial charge in [-0.05, 0) is 12.8 Å². The molecule has 9 nitrogen and oxygen atoms in total. The Morgan fingerprint density at radius 2 is 2.08 bits per heavy atom. The summed E-state index contributed by atoms with van der Waals surface area (Å²) in [6, 6.07) is 1.33. The highest BCUT2D eigenvalue weighted by Crippen LogP contribution is 2.27.